The zero-order valence-corrected chi connectivity index (χ0v) is 18.8. The smallest absolute Gasteiger partial charge is 0.216 e. The van der Waals surface area contributed by atoms with Gasteiger partial charge in [0.05, 0.1) is 20.3 Å². The van der Waals surface area contributed by atoms with Gasteiger partial charge in [-0.05, 0) is 44.7 Å². The third-order valence-electron chi connectivity index (χ3n) is 5.90. The molecule has 2 heterocycles. The number of nitrogens with zero attached hydrogens (tertiary/aromatic N) is 2. The molecule has 0 bridgehead atoms. The van der Waals surface area contributed by atoms with E-state index in [9.17, 15) is 19.5 Å². The first kappa shape index (κ1) is 23.5. The first-order chi connectivity index (χ1) is 15.2. The molecular formula is C24H28N2O6. The summed E-state index contributed by atoms with van der Waals surface area (Å²) in [6, 6.07) is 3.61. The van der Waals surface area contributed by atoms with Crippen molar-refractivity contribution in [2.75, 3.05) is 14.2 Å². The number of hydrogen-bond acceptors (Lipinski definition) is 8. The number of aromatic nitrogens is 2. The highest BCUT2D eigenvalue weighted by Gasteiger charge is 2.32. The molecule has 0 radical (unpaired) electrons. The number of carbonyl (C=O) groups is 3. The Hall–Kier alpha value is -3.13. The fourth-order valence-electron chi connectivity index (χ4n) is 3.80. The Kier molecular flexibility index (Phi) is 7.35. The molecule has 2 saturated carbocycles. The number of pyridine rings is 2. The molecule has 0 aliphatic heterocycles. The summed E-state index contributed by atoms with van der Waals surface area (Å²) in [5.41, 5.74) is 2.96. The average Bonchev–Trinajstić information content (AvgIpc) is 2.74. The zero-order chi connectivity index (χ0) is 23.4. The number of ketones is 3. The van der Waals surface area contributed by atoms with Crippen LogP contribution in [0.25, 0.3) is 0 Å². The van der Waals surface area contributed by atoms with E-state index in [1.165, 1.54) is 26.2 Å². The van der Waals surface area contributed by atoms with Crippen molar-refractivity contribution in [1.29, 1.82) is 0 Å². The third kappa shape index (κ3) is 5.19. The van der Waals surface area contributed by atoms with Crippen molar-refractivity contribution in [3.8, 4) is 11.8 Å². The van der Waals surface area contributed by atoms with Crippen LogP contribution in [0.2, 0.25) is 0 Å². The van der Waals surface area contributed by atoms with E-state index in [4.69, 9.17) is 9.47 Å². The Morgan fingerprint density at radius 3 is 1.66 bits per heavy atom. The van der Waals surface area contributed by atoms with Gasteiger partial charge in [0, 0.05) is 53.4 Å². The van der Waals surface area contributed by atoms with Crippen LogP contribution in [0.1, 0.15) is 83.2 Å². The Bertz CT molecular complexity index is 1020. The Labute approximate surface area is 187 Å². The van der Waals surface area contributed by atoms with Gasteiger partial charge in [0.1, 0.15) is 5.78 Å². The van der Waals surface area contributed by atoms with Gasteiger partial charge in [-0.2, -0.15) is 0 Å². The fraction of sp³-hybridized carbons (Fsp3) is 0.458. The van der Waals surface area contributed by atoms with Crippen molar-refractivity contribution >= 4 is 17.3 Å². The minimum Gasteiger partial charge on any atom is -0.481 e. The van der Waals surface area contributed by atoms with Crippen molar-refractivity contribution in [2.45, 2.75) is 57.5 Å². The van der Waals surface area contributed by atoms with Gasteiger partial charge in [0.25, 0.3) is 0 Å². The molecule has 8 heteroatoms. The molecule has 2 aromatic rings. The number of rotatable bonds is 6. The van der Waals surface area contributed by atoms with E-state index in [0.29, 0.717) is 35.7 Å². The van der Waals surface area contributed by atoms with E-state index in [1.807, 2.05) is 6.07 Å². The maximum Gasteiger partial charge on any atom is 0.216 e. The highest BCUT2D eigenvalue weighted by atomic mass is 16.5. The number of aliphatic hydroxyl groups is 1. The van der Waals surface area contributed by atoms with Crippen LogP contribution < -0.4 is 9.47 Å². The molecule has 8 nitrogen and oxygen atoms in total. The summed E-state index contributed by atoms with van der Waals surface area (Å²) in [5, 5.41) is 9.29. The van der Waals surface area contributed by atoms with Crippen molar-refractivity contribution in [3.05, 3.63) is 46.8 Å². The van der Waals surface area contributed by atoms with Crippen LogP contribution in [0.5, 0.6) is 11.8 Å². The number of methoxy groups -OCH3 is 2. The van der Waals surface area contributed by atoms with E-state index in [1.54, 1.807) is 20.3 Å². The van der Waals surface area contributed by atoms with Crippen LogP contribution in [0.15, 0.2) is 24.5 Å². The van der Waals surface area contributed by atoms with Crippen LogP contribution in [-0.2, 0) is 4.79 Å². The van der Waals surface area contributed by atoms with Crippen molar-refractivity contribution in [1.82, 2.24) is 9.97 Å². The SMILES string of the molecule is COc1ncc(C(C)=O)cc1C1CC(=O)C1.COc1ncc(C(C)=O)cc1C1CC(O)C1. The maximum absolute atomic E-state index is 11.3. The molecule has 0 amide bonds. The second-order valence-corrected chi connectivity index (χ2v) is 8.22. The second kappa shape index (κ2) is 9.99. The van der Waals surface area contributed by atoms with E-state index in [-0.39, 0.29) is 35.3 Å². The third-order valence-corrected chi connectivity index (χ3v) is 5.90. The van der Waals surface area contributed by atoms with Gasteiger partial charge in [-0.15, -0.1) is 0 Å². The predicted octanol–water partition coefficient (Wildman–Crippen LogP) is 3.27. The maximum atomic E-state index is 11.3. The van der Waals surface area contributed by atoms with Gasteiger partial charge in [-0.3, -0.25) is 14.4 Å². The van der Waals surface area contributed by atoms with E-state index >= 15 is 0 Å². The molecule has 0 aromatic carbocycles. The molecule has 32 heavy (non-hydrogen) atoms. The molecule has 4 rings (SSSR count). The second-order valence-electron chi connectivity index (χ2n) is 8.22. The summed E-state index contributed by atoms with van der Waals surface area (Å²) in [5.74, 6) is 1.72. The first-order valence-electron chi connectivity index (χ1n) is 10.5. The molecule has 0 atom stereocenters. The predicted molar refractivity (Wildman–Crippen MR) is 117 cm³/mol. The molecule has 2 aromatic heterocycles. The van der Waals surface area contributed by atoms with Crippen LogP contribution in [0.4, 0.5) is 0 Å². The lowest BCUT2D eigenvalue weighted by atomic mass is 9.77. The lowest BCUT2D eigenvalue weighted by Crippen LogP contribution is -2.27. The van der Waals surface area contributed by atoms with E-state index in [0.717, 1.165) is 24.0 Å². The molecule has 170 valence electrons. The fourth-order valence-corrected chi connectivity index (χ4v) is 3.80. The Morgan fingerprint density at radius 1 is 0.875 bits per heavy atom. The van der Waals surface area contributed by atoms with Crippen molar-refractivity contribution in [2.24, 2.45) is 0 Å². The highest BCUT2D eigenvalue weighted by Crippen LogP contribution is 2.40. The molecule has 0 unspecified atom stereocenters. The molecule has 1 N–H and O–H groups in total. The van der Waals surface area contributed by atoms with E-state index in [2.05, 4.69) is 9.97 Å². The van der Waals surface area contributed by atoms with Gasteiger partial charge in [-0.1, -0.05) is 0 Å². The summed E-state index contributed by atoms with van der Waals surface area (Å²) in [4.78, 5) is 41.7. The Balaban J connectivity index is 0.000000181. The van der Waals surface area contributed by atoms with Crippen molar-refractivity contribution < 1.29 is 29.0 Å². The van der Waals surface area contributed by atoms with Crippen LogP contribution in [-0.4, -0.2) is 52.7 Å². The molecular weight excluding hydrogens is 412 g/mol. The number of hydrogen-bond donors (Lipinski definition) is 1. The minimum absolute atomic E-state index is 0.00345. The van der Waals surface area contributed by atoms with Gasteiger partial charge < -0.3 is 14.6 Å². The molecule has 2 aliphatic carbocycles. The largest absolute Gasteiger partial charge is 0.481 e. The van der Waals surface area contributed by atoms with Crippen LogP contribution in [0, 0.1) is 0 Å². The number of Topliss-reactive ketones (excluding diaryl/α,β-unsaturated/α-hetero) is 3. The van der Waals surface area contributed by atoms with Gasteiger partial charge in [0.2, 0.25) is 11.8 Å². The highest BCUT2D eigenvalue weighted by molar-refractivity contribution is 5.94. The number of aliphatic hydroxyl groups excluding tert-OH is 1. The lowest BCUT2D eigenvalue weighted by molar-refractivity contribution is -0.124. The summed E-state index contributed by atoms with van der Waals surface area (Å²) in [6.07, 6.45) is 5.30. The molecule has 0 spiro atoms. The standard InChI is InChI=1S/C12H15NO3.C12H13NO3/c2*1-7(14)9-5-11(8-3-10(15)4-8)12(16-2)13-6-9/h5-6,8,10,15H,3-4H2,1-2H3;5-6,8H,3-4H2,1-2H3. The summed E-state index contributed by atoms with van der Waals surface area (Å²) < 4.78 is 10.3. The zero-order valence-electron chi connectivity index (χ0n) is 18.8. The Morgan fingerprint density at radius 2 is 1.31 bits per heavy atom. The monoisotopic (exact) mass is 440 g/mol. The summed E-state index contributed by atoms with van der Waals surface area (Å²) in [6.45, 7) is 3.02. The molecule has 0 saturated heterocycles. The van der Waals surface area contributed by atoms with Crippen LogP contribution >= 0.6 is 0 Å². The molecule has 2 aliphatic rings. The van der Waals surface area contributed by atoms with Gasteiger partial charge in [-0.25, -0.2) is 9.97 Å². The summed E-state index contributed by atoms with van der Waals surface area (Å²) >= 11 is 0. The van der Waals surface area contributed by atoms with Crippen molar-refractivity contribution in [3.63, 3.8) is 0 Å². The number of ether oxygens (including phenoxy) is 2. The topological polar surface area (TPSA) is 116 Å². The minimum atomic E-state index is -0.226. The lowest BCUT2D eigenvalue weighted by Gasteiger charge is -2.32. The van der Waals surface area contributed by atoms with E-state index < -0.39 is 0 Å². The van der Waals surface area contributed by atoms with Gasteiger partial charge >= 0.3 is 0 Å². The quantitative estimate of drug-likeness (QED) is 0.681. The van der Waals surface area contributed by atoms with Gasteiger partial charge in [0.15, 0.2) is 11.6 Å². The normalized spacial score (nSPS) is 19.7. The molecule has 2 fully saturated rings. The summed E-state index contributed by atoms with van der Waals surface area (Å²) in [7, 11) is 3.11. The van der Waals surface area contributed by atoms with Crippen LogP contribution in [0.3, 0.4) is 0 Å². The number of carbonyl (C=O) groups excluding carboxylic acids is 3. The average molecular weight is 440 g/mol. The first-order valence-corrected chi connectivity index (χ1v) is 10.5.